The number of esters is 1. The fraction of sp³-hybridized carbons (Fsp3) is 0.700. The van der Waals surface area contributed by atoms with Gasteiger partial charge in [-0.15, -0.1) is 0 Å². The number of nitrogens with zero attached hydrogens (tertiary/aromatic N) is 1. The Hall–Kier alpha value is -1.05. The molecule has 0 atom stereocenters. The minimum atomic E-state index is -0.286. The van der Waals surface area contributed by atoms with Gasteiger partial charge in [-0.05, 0) is 0 Å². The summed E-state index contributed by atoms with van der Waals surface area (Å²) < 4.78 is 9.87. The minimum Gasteiger partial charge on any atom is -0.453 e. The van der Waals surface area contributed by atoms with E-state index in [2.05, 4.69) is 21.5 Å². The highest BCUT2D eigenvalue weighted by Gasteiger charge is 2.07. The van der Waals surface area contributed by atoms with Crippen LogP contribution in [0.25, 0.3) is 0 Å². The summed E-state index contributed by atoms with van der Waals surface area (Å²) in [7, 11) is 0. The van der Waals surface area contributed by atoms with Crippen LogP contribution in [-0.2, 0) is 14.3 Å². The maximum absolute atomic E-state index is 10.4. The molecule has 4 heteroatoms. The van der Waals surface area contributed by atoms with Crippen molar-refractivity contribution in [2.75, 3.05) is 39.5 Å². The van der Waals surface area contributed by atoms with Gasteiger partial charge in [-0.25, -0.2) is 0 Å². The van der Waals surface area contributed by atoms with E-state index in [1.807, 2.05) is 0 Å². The topological polar surface area (TPSA) is 38.8 Å². The third-order valence-corrected chi connectivity index (χ3v) is 1.88. The highest BCUT2D eigenvalue weighted by atomic mass is 16.5. The van der Waals surface area contributed by atoms with Crippen LogP contribution >= 0.6 is 0 Å². The number of carbonyl (C=O) groups is 1. The van der Waals surface area contributed by atoms with Gasteiger partial charge in [0.05, 0.1) is 19.8 Å². The van der Waals surface area contributed by atoms with Crippen LogP contribution < -0.4 is 0 Å². The molecule has 1 saturated heterocycles. The molecule has 0 aromatic rings. The van der Waals surface area contributed by atoms with Gasteiger partial charge in [0.1, 0.15) is 0 Å². The van der Waals surface area contributed by atoms with Crippen LogP contribution in [0.3, 0.4) is 0 Å². The minimum absolute atomic E-state index is 0.194. The van der Waals surface area contributed by atoms with E-state index in [0.717, 1.165) is 32.8 Å². The second kappa shape index (κ2) is 6.41. The lowest BCUT2D eigenvalue weighted by atomic mass is 10.4. The highest BCUT2D eigenvalue weighted by Crippen LogP contribution is 1.94. The Morgan fingerprint density at radius 2 is 2.14 bits per heavy atom. The van der Waals surface area contributed by atoms with Crippen LogP contribution in [-0.4, -0.2) is 50.3 Å². The van der Waals surface area contributed by atoms with E-state index >= 15 is 0 Å². The zero-order valence-corrected chi connectivity index (χ0v) is 8.41. The first-order chi connectivity index (χ1) is 6.79. The number of hydrogen-bond acceptors (Lipinski definition) is 4. The van der Waals surface area contributed by atoms with Gasteiger partial charge in [0.25, 0.3) is 0 Å². The van der Waals surface area contributed by atoms with Crippen molar-refractivity contribution in [3.05, 3.63) is 0 Å². The molecule has 0 aliphatic carbocycles. The molecule has 0 bridgehead atoms. The lowest BCUT2D eigenvalue weighted by Gasteiger charge is -2.24. The summed E-state index contributed by atoms with van der Waals surface area (Å²) in [5.41, 5.74) is 0. The summed E-state index contributed by atoms with van der Waals surface area (Å²) >= 11 is 0. The van der Waals surface area contributed by atoms with Crippen molar-refractivity contribution >= 4 is 5.97 Å². The molecule has 0 unspecified atom stereocenters. The molecular formula is C10H15NO3. The quantitative estimate of drug-likeness (QED) is 0.457. The predicted molar refractivity (Wildman–Crippen MR) is 51.7 cm³/mol. The summed E-state index contributed by atoms with van der Waals surface area (Å²) in [4.78, 5) is 12.6. The summed E-state index contributed by atoms with van der Waals surface area (Å²) in [6.07, 6.45) is 0. The van der Waals surface area contributed by atoms with Gasteiger partial charge in [0.2, 0.25) is 0 Å². The molecular weight excluding hydrogens is 182 g/mol. The fourth-order valence-corrected chi connectivity index (χ4v) is 1.12. The molecule has 78 valence electrons. The van der Waals surface area contributed by atoms with E-state index in [4.69, 9.17) is 4.74 Å². The van der Waals surface area contributed by atoms with Crippen molar-refractivity contribution in [1.29, 1.82) is 0 Å². The largest absolute Gasteiger partial charge is 0.453 e. The molecule has 0 aromatic carbocycles. The third kappa shape index (κ3) is 4.85. The molecule has 0 aromatic heterocycles. The predicted octanol–water partition coefficient (Wildman–Crippen LogP) is -0.115. The number of morpholine rings is 1. The smallest absolute Gasteiger partial charge is 0.303 e. The van der Waals surface area contributed by atoms with E-state index < -0.39 is 0 Å². The molecule has 0 N–H and O–H groups in total. The van der Waals surface area contributed by atoms with Crippen molar-refractivity contribution in [1.82, 2.24) is 4.90 Å². The average molecular weight is 197 g/mol. The molecule has 1 rings (SSSR count). The summed E-state index contributed by atoms with van der Waals surface area (Å²) in [5.74, 6) is 5.46. The highest BCUT2D eigenvalue weighted by molar-refractivity contribution is 5.66. The van der Waals surface area contributed by atoms with Crippen LogP contribution in [0.2, 0.25) is 0 Å². The van der Waals surface area contributed by atoms with Crippen molar-refractivity contribution in [3.8, 4) is 11.8 Å². The molecule has 1 aliphatic rings. The van der Waals surface area contributed by atoms with Crippen LogP contribution in [0, 0.1) is 11.8 Å². The monoisotopic (exact) mass is 197 g/mol. The first-order valence-electron chi connectivity index (χ1n) is 4.68. The molecule has 0 amide bonds. The van der Waals surface area contributed by atoms with E-state index in [0.29, 0.717) is 0 Å². The number of carbonyl (C=O) groups excluding carboxylic acids is 1. The van der Waals surface area contributed by atoms with Crippen molar-refractivity contribution < 1.29 is 14.3 Å². The Balaban J connectivity index is 2.08. The number of rotatable bonds is 2. The second-order valence-corrected chi connectivity index (χ2v) is 3.02. The van der Waals surface area contributed by atoms with E-state index in [-0.39, 0.29) is 12.6 Å². The third-order valence-electron chi connectivity index (χ3n) is 1.88. The maximum atomic E-state index is 10.4. The Morgan fingerprint density at radius 3 is 2.79 bits per heavy atom. The number of ether oxygens (including phenoxy) is 2. The lowest BCUT2D eigenvalue weighted by molar-refractivity contribution is -0.139. The Kier molecular flexibility index (Phi) is 5.05. The van der Waals surface area contributed by atoms with Gasteiger partial charge >= 0.3 is 5.97 Å². The maximum Gasteiger partial charge on any atom is 0.303 e. The van der Waals surface area contributed by atoms with Gasteiger partial charge in [-0.1, -0.05) is 11.8 Å². The molecule has 1 heterocycles. The van der Waals surface area contributed by atoms with Crippen LogP contribution in [0.15, 0.2) is 0 Å². The summed E-state index contributed by atoms with van der Waals surface area (Å²) in [5, 5.41) is 0. The van der Waals surface area contributed by atoms with E-state index in [1.54, 1.807) is 0 Å². The van der Waals surface area contributed by atoms with Gasteiger partial charge in [0, 0.05) is 20.0 Å². The molecule has 0 saturated carbocycles. The SMILES string of the molecule is CC(=O)OCC#CCN1CCOCC1. The van der Waals surface area contributed by atoms with E-state index in [9.17, 15) is 4.79 Å². The lowest BCUT2D eigenvalue weighted by Crippen LogP contribution is -2.36. The zero-order chi connectivity index (χ0) is 10.2. The average Bonchev–Trinajstić information content (AvgIpc) is 2.18. The Bertz CT molecular complexity index is 235. The van der Waals surface area contributed by atoms with Crippen molar-refractivity contribution in [2.45, 2.75) is 6.92 Å². The van der Waals surface area contributed by atoms with E-state index in [1.165, 1.54) is 6.92 Å². The van der Waals surface area contributed by atoms with Crippen LogP contribution in [0.5, 0.6) is 0 Å². The zero-order valence-electron chi connectivity index (χ0n) is 8.41. The normalized spacial score (nSPS) is 16.9. The van der Waals surface area contributed by atoms with Gasteiger partial charge < -0.3 is 9.47 Å². The Morgan fingerprint density at radius 1 is 1.43 bits per heavy atom. The standard InChI is InChI=1S/C10H15NO3/c1-10(12)14-7-3-2-4-11-5-8-13-9-6-11/h4-9H2,1H3. The van der Waals surface area contributed by atoms with Crippen molar-refractivity contribution in [3.63, 3.8) is 0 Å². The summed E-state index contributed by atoms with van der Waals surface area (Å²) in [6.45, 7) is 5.73. The molecule has 0 spiro atoms. The second-order valence-electron chi connectivity index (χ2n) is 3.02. The Labute approximate surface area is 84.2 Å². The fourth-order valence-electron chi connectivity index (χ4n) is 1.12. The number of hydrogen-bond donors (Lipinski definition) is 0. The molecule has 14 heavy (non-hydrogen) atoms. The first kappa shape index (κ1) is 11.0. The van der Waals surface area contributed by atoms with Gasteiger partial charge in [0.15, 0.2) is 6.61 Å². The molecule has 0 radical (unpaired) electrons. The molecule has 1 fully saturated rings. The van der Waals surface area contributed by atoms with Crippen molar-refractivity contribution in [2.24, 2.45) is 0 Å². The summed E-state index contributed by atoms with van der Waals surface area (Å²) in [6, 6.07) is 0. The molecule has 1 aliphatic heterocycles. The van der Waals surface area contributed by atoms with Gasteiger partial charge in [-0.3, -0.25) is 9.69 Å². The molecule has 4 nitrogen and oxygen atoms in total. The van der Waals surface area contributed by atoms with Gasteiger partial charge in [-0.2, -0.15) is 0 Å². The first-order valence-corrected chi connectivity index (χ1v) is 4.68. The van der Waals surface area contributed by atoms with Crippen LogP contribution in [0.4, 0.5) is 0 Å². The van der Waals surface area contributed by atoms with Crippen LogP contribution in [0.1, 0.15) is 6.92 Å².